The monoisotopic (exact) mass is 446 g/mol. The number of carboxylic acid groups (broad SMARTS) is 1. The van der Waals surface area contributed by atoms with Crippen LogP contribution in [-0.4, -0.2) is 22.3 Å². The topological polar surface area (TPSA) is 94.5 Å². The lowest BCUT2D eigenvalue weighted by Crippen LogP contribution is -2.19. The standard InChI is InChI=1S/C22H20F2N2O4S/c23-22(24)30-20-11(17-8-13-15(25)2-1-3-16(13)31-17)6-7-12-18(20)26(10-4-5-10)9-14(19(12)27)21(28)29/h6-10,15,22H,1-5,25H2,(H,28,29). The SMILES string of the molecule is NC1CCCc2sc(-c3ccc4c(=O)c(C(=O)O)cn(C5CC5)c4c3OC(F)F)cc21. The largest absolute Gasteiger partial charge is 0.477 e. The highest BCUT2D eigenvalue weighted by molar-refractivity contribution is 7.15. The van der Waals surface area contributed by atoms with Gasteiger partial charge in [0.05, 0.1) is 10.9 Å². The molecule has 6 nitrogen and oxygen atoms in total. The van der Waals surface area contributed by atoms with Crippen molar-refractivity contribution in [3.8, 4) is 16.2 Å². The zero-order chi connectivity index (χ0) is 21.9. The second-order valence-corrected chi connectivity index (χ2v) is 9.16. The number of aryl methyl sites for hydroxylation is 1. The summed E-state index contributed by atoms with van der Waals surface area (Å²) in [5, 5.41) is 9.50. The number of aromatic nitrogens is 1. The van der Waals surface area contributed by atoms with E-state index in [1.165, 1.54) is 23.6 Å². The molecule has 2 heterocycles. The maximum absolute atomic E-state index is 13.5. The summed E-state index contributed by atoms with van der Waals surface area (Å²) >= 11 is 1.50. The number of nitrogens with zero attached hydrogens (tertiary/aromatic N) is 1. The van der Waals surface area contributed by atoms with E-state index in [9.17, 15) is 23.5 Å². The Balaban J connectivity index is 1.80. The van der Waals surface area contributed by atoms with Crippen molar-refractivity contribution >= 4 is 28.2 Å². The number of benzene rings is 1. The van der Waals surface area contributed by atoms with Gasteiger partial charge in [-0.3, -0.25) is 4.79 Å². The minimum absolute atomic E-state index is 0.0542. The molecule has 1 atom stereocenters. The molecule has 0 spiro atoms. The number of hydrogen-bond acceptors (Lipinski definition) is 5. The summed E-state index contributed by atoms with van der Waals surface area (Å²) in [5.41, 5.74) is 6.84. The molecule has 0 radical (unpaired) electrons. The molecule has 1 aromatic carbocycles. The van der Waals surface area contributed by atoms with E-state index in [1.807, 2.05) is 6.07 Å². The smallest absolute Gasteiger partial charge is 0.387 e. The van der Waals surface area contributed by atoms with Crippen LogP contribution in [0.15, 0.2) is 29.2 Å². The molecule has 9 heteroatoms. The molecule has 0 bridgehead atoms. The molecular weight excluding hydrogens is 426 g/mol. The van der Waals surface area contributed by atoms with Gasteiger partial charge in [-0.05, 0) is 55.9 Å². The van der Waals surface area contributed by atoms with Crippen molar-refractivity contribution in [2.75, 3.05) is 0 Å². The van der Waals surface area contributed by atoms with Crippen LogP contribution in [0.25, 0.3) is 21.3 Å². The molecule has 1 fully saturated rings. The van der Waals surface area contributed by atoms with Crippen LogP contribution in [0.2, 0.25) is 0 Å². The van der Waals surface area contributed by atoms with Crippen molar-refractivity contribution in [2.45, 2.75) is 50.8 Å². The van der Waals surface area contributed by atoms with Crippen LogP contribution in [0.5, 0.6) is 5.75 Å². The van der Waals surface area contributed by atoms with E-state index in [2.05, 4.69) is 0 Å². The van der Waals surface area contributed by atoms with Crippen LogP contribution in [0, 0.1) is 0 Å². The first kappa shape index (κ1) is 20.1. The molecular formula is C22H20F2N2O4S. The first-order valence-corrected chi connectivity index (χ1v) is 10.9. The molecule has 2 aliphatic carbocycles. The Hall–Kier alpha value is -2.78. The van der Waals surface area contributed by atoms with Crippen molar-refractivity contribution < 1.29 is 23.4 Å². The number of pyridine rings is 1. The summed E-state index contributed by atoms with van der Waals surface area (Å²) in [6, 6.07) is 4.86. The van der Waals surface area contributed by atoms with E-state index in [-0.39, 0.29) is 34.3 Å². The number of fused-ring (bicyclic) bond motifs is 2. The lowest BCUT2D eigenvalue weighted by atomic mass is 9.94. The first-order valence-electron chi connectivity index (χ1n) is 10.1. The number of carbonyl (C=O) groups is 1. The van der Waals surface area contributed by atoms with Gasteiger partial charge >= 0.3 is 12.6 Å². The number of thiophene rings is 1. The zero-order valence-corrected chi connectivity index (χ0v) is 17.3. The summed E-state index contributed by atoms with van der Waals surface area (Å²) in [7, 11) is 0. The van der Waals surface area contributed by atoms with Crippen molar-refractivity contribution in [3.63, 3.8) is 0 Å². The molecule has 0 aliphatic heterocycles. The molecule has 31 heavy (non-hydrogen) atoms. The lowest BCUT2D eigenvalue weighted by Gasteiger charge is -2.18. The minimum Gasteiger partial charge on any atom is -0.477 e. The van der Waals surface area contributed by atoms with Crippen LogP contribution in [-0.2, 0) is 6.42 Å². The summed E-state index contributed by atoms with van der Waals surface area (Å²) in [4.78, 5) is 26.3. The predicted octanol–water partition coefficient (Wildman–Crippen LogP) is 4.70. The molecule has 0 saturated heterocycles. The molecule has 162 valence electrons. The normalized spacial score (nSPS) is 18.4. The lowest BCUT2D eigenvalue weighted by molar-refractivity contribution is -0.0486. The van der Waals surface area contributed by atoms with Gasteiger partial charge in [0.2, 0.25) is 5.43 Å². The quantitative estimate of drug-likeness (QED) is 0.592. The molecule has 1 saturated carbocycles. The van der Waals surface area contributed by atoms with Gasteiger partial charge in [-0.2, -0.15) is 8.78 Å². The molecule has 2 aromatic heterocycles. The maximum Gasteiger partial charge on any atom is 0.387 e. The number of ether oxygens (including phenoxy) is 1. The molecule has 1 unspecified atom stereocenters. The van der Waals surface area contributed by atoms with Gasteiger partial charge in [-0.25, -0.2) is 4.79 Å². The van der Waals surface area contributed by atoms with Crippen LogP contribution in [0.3, 0.4) is 0 Å². The van der Waals surface area contributed by atoms with Crippen molar-refractivity contribution in [1.82, 2.24) is 4.57 Å². The van der Waals surface area contributed by atoms with Crippen molar-refractivity contribution in [2.24, 2.45) is 5.73 Å². The Morgan fingerprint density at radius 3 is 2.71 bits per heavy atom. The fourth-order valence-electron chi connectivity index (χ4n) is 4.34. The highest BCUT2D eigenvalue weighted by Crippen LogP contribution is 2.46. The highest BCUT2D eigenvalue weighted by atomic mass is 32.1. The molecule has 3 N–H and O–H groups in total. The van der Waals surface area contributed by atoms with Crippen molar-refractivity contribution in [1.29, 1.82) is 0 Å². The summed E-state index contributed by atoms with van der Waals surface area (Å²) in [6.45, 7) is -3.09. The highest BCUT2D eigenvalue weighted by Gasteiger charge is 2.31. The van der Waals surface area contributed by atoms with E-state index in [1.54, 1.807) is 10.6 Å². The van der Waals surface area contributed by atoms with Gasteiger partial charge in [-0.1, -0.05) is 0 Å². The van der Waals surface area contributed by atoms with Crippen LogP contribution < -0.4 is 15.9 Å². The van der Waals surface area contributed by atoms with E-state index in [0.29, 0.717) is 5.56 Å². The summed E-state index contributed by atoms with van der Waals surface area (Å²) in [5.74, 6) is -1.44. The van der Waals surface area contributed by atoms with Crippen LogP contribution >= 0.6 is 11.3 Å². The van der Waals surface area contributed by atoms with Gasteiger partial charge in [0.25, 0.3) is 0 Å². The Morgan fingerprint density at radius 2 is 2.06 bits per heavy atom. The third-order valence-corrected chi connectivity index (χ3v) is 7.19. The zero-order valence-electron chi connectivity index (χ0n) is 16.4. The van der Waals surface area contributed by atoms with Gasteiger partial charge in [0.1, 0.15) is 5.56 Å². The van der Waals surface area contributed by atoms with E-state index in [0.717, 1.165) is 47.4 Å². The van der Waals surface area contributed by atoms with Gasteiger partial charge < -0.3 is 20.1 Å². The van der Waals surface area contributed by atoms with Crippen LogP contribution in [0.1, 0.15) is 58.6 Å². The Bertz CT molecular complexity index is 1260. The molecule has 5 rings (SSSR count). The number of nitrogens with two attached hydrogens (primary N) is 1. The average molecular weight is 446 g/mol. The summed E-state index contributed by atoms with van der Waals surface area (Å²) < 4.78 is 33.5. The maximum atomic E-state index is 13.5. The number of halogens is 2. The minimum atomic E-state index is -3.09. The molecule has 3 aromatic rings. The predicted molar refractivity (Wildman–Crippen MR) is 113 cm³/mol. The average Bonchev–Trinajstić information content (AvgIpc) is 3.46. The molecule has 0 amide bonds. The van der Waals surface area contributed by atoms with Crippen LogP contribution in [0.4, 0.5) is 8.78 Å². The second kappa shape index (κ2) is 7.42. The number of rotatable bonds is 5. The third kappa shape index (κ3) is 3.41. The van der Waals surface area contributed by atoms with Crippen molar-refractivity contribution in [3.05, 3.63) is 50.6 Å². The van der Waals surface area contributed by atoms with E-state index < -0.39 is 18.0 Å². The Kier molecular flexibility index (Phi) is 4.82. The van der Waals surface area contributed by atoms with E-state index in [4.69, 9.17) is 10.5 Å². The Morgan fingerprint density at radius 1 is 1.29 bits per heavy atom. The number of hydrogen-bond donors (Lipinski definition) is 2. The molecule has 2 aliphatic rings. The fraction of sp³-hybridized carbons (Fsp3) is 0.364. The Labute approximate surface area is 179 Å². The van der Waals surface area contributed by atoms with E-state index >= 15 is 0 Å². The third-order valence-electron chi connectivity index (χ3n) is 5.95. The van der Waals surface area contributed by atoms with Gasteiger partial charge in [0.15, 0.2) is 5.75 Å². The number of alkyl halides is 2. The number of carboxylic acids is 1. The second-order valence-electron chi connectivity index (χ2n) is 8.02. The van der Waals surface area contributed by atoms with Gasteiger partial charge in [0, 0.05) is 33.6 Å². The fourth-order valence-corrected chi connectivity index (χ4v) is 5.63. The van der Waals surface area contributed by atoms with Gasteiger partial charge in [-0.15, -0.1) is 11.3 Å². The summed E-state index contributed by atoms with van der Waals surface area (Å²) in [6.07, 6.45) is 5.55. The number of aromatic carboxylic acids is 1. The first-order chi connectivity index (χ1) is 14.8.